The van der Waals surface area contributed by atoms with E-state index in [1.807, 2.05) is 54.6 Å². The number of nitrogens with zero attached hydrogens (tertiary/aromatic N) is 2. The molecule has 0 aliphatic heterocycles. The maximum atomic E-state index is 5.84. The van der Waals surface area contributed by atoms with E-state index in [-0.39, 0.29) is 0 Å². The van der Waals surface area contributed by atoms with Gasteiger partial charge in [-0.2, -0.15) is 0 Å². The van der Waals surface area contributed by atoms with Crippen LogP contribution in [0.5, 0.6) is 0 Å². The van der Waals surface area contributed by atoms with E-state index in [1.165, 1.54) is 0 Å². The number of hydrogen-bond acceptors (Lipinski definition) is 3. The topological polar surface area (TPSA) is 38.9 Å². The molecule has 104 valence electrons. The largest absolute Gasteiger partial charge is 0.417 e. The molecule has 3 rings (SSSR count). The minimum atomic E-state index is 0.461. The van der Waals surface area contributed by atoms with Gasteiger partial charge in [0.2, 0.25) is 11.8 Å². The zero-order valence-corrected chi connectivity index (χ0v) is 13.2. The fourth-order valence-corrected chi connectivity index (χ4v) is 2.14. The number of rotatable bonds is 3. The summed E-state index contributed by atoms with van der Waals surface area (Å²) in [5, 5.41) is 8.76. The van der Waals surface area contributed by atoms with Gasteiger partial charge < -0.3 is 4.42 Å². The van der Waals surface area contributed by atoms with Crippen molar-refractivity contribution in [2.75, 3.05) is 0 Å². The van der Waals surface area contributed by atoms with E-state index >= 15 is 0 Å². The highest BCUT2D eigenvalue weighted by Gasteiger charge is 2.06. The summed E-state index contributed by atoms with van der Waals surface area (Å²) in [6.45, 7) is 0. The van der Waals surface area contributed by atoms with Gasteiger partial charge in [-0.25, -0.2) is 0 Å². The Kier molecular flexibility index (Phi) is 4.18. The maximum Gasteiger partial charge on any atom is 0.248 e. The molecular formula is C16H10BrClN2O. The van der Waals surface area contributed by atoms with E-state index in [0.717, 1.165) is 15.6 Å². The predicted molar refractivity (Wildman–Crippen MR) is 87.8 cm³/mol. The van der Waals surface area contributed by atoms with Crippen molar-refractivity contribution in [1.29, 1.82) is 0 Å². The van der Waals surface area contributed by atoms with Gasteiger partial charge in [0.25, 0.3) is 0 Å². The number of benzene rings is 2. The molecule has 0 amide bonds. The van der Waals surface area contributed by atoms with E-state index in [2.05, 4.69) is 26.1 Å². The molecule has 0 fully saturated rings. The molecule has 0 radical (unpaired) electrons. The molecule has 0 saturated heterocycles. The third kappa shape index (κ3) is 3.60. The summed E-state index contributed by atoms with van der Waals surface area (Å²) >= 11 is 9.23. The number of halogens is 2. The molecule has 2 aromatic carbocycles. The Hall–Kier alpha value is -1.91. The minimum absolute atomic E-state index is 0.461. The van der Waals surface area contributed by atoms with Crippen LogP contribution in [-0.4, -0.2) is 10.2 Å². The van der Waals surface area contributed by atoms with Crippen molar-refractivity contribution < 1.29 is 4.42 Å². The average molecular weight is 362 g/mol. The van der Waals surface area contributed by atoms with Gasteiger partial charge in [-0.15, -0.1) is 10.2 Å². The van der Waals surface area contributed by atoms with Crippen LogP contribution in [0.4, 0.5) is 0 Å². The summed E-state index contributed by atoms with van der Waals surface area (Å²) in [4.78, 5) is 0. The molecule has 3 nitrogen and oxygen atoms in total. The van der Waals surface area contributed by atoms with Gasteiger partial charge >= 0.3 is 0 Å². The van der Waals surface area contributed by atoms with Gasteiger partial charge in [0.1, 0.15) is 0 Å². The highest BCUT2D eigenvalue weighted by molar-refractivity contribution is 9.10. The van der Waals surface area contributed by atoms with Crippen LogP contribution in [0.1, 0.15) is 11.5 Å². The molecular weight excluding hydrogens is 352 g/mol. The zero-order chi connectivity index (χ0) is 14.7. The monoisotopic (exact) mass is 360 g/mol. The summed E-state index contributed by atoms with van der Waals surface area (Å²) in [6, 6.07) is 15.2. The fourth-order valence-electron chi connectivity index (χ4n) is 1.75. The minimum Gasteiger partial charge on any atom is -0.417 e. The van der Waals surface area contributed by atoms with Gasteiger partial charge in [0, 0.05) is 21.1 Å². The third-order valence-electron chi connectivity index (χ3n) is 2.82. The molecule has 1 heterocycles. The van der Waals surface area contributed by atoms with E-state index in [4.69, 9.17) is 16.0 Å². The Bertz CT molecular complexity index is 764. The Morgan fingerprint density at radius 3 is 2.33 bits per heavy atom. The van der Waals surface area contributed by atoms with Crippen molar-refractivity contribution in [2.45, 2.75) is 0 Å². The molecule has 21 heavy (non-hydrogen) atoms. The lowest BCUT2D eigenvalue weighted by molar-refractivity contribution is 0.558. The van der Waals surface area contributed by atoms with Crippen molar-refractivity contribution in [3.05, 3.63) is 69.5 Å². The van der Waals surface area contributed by atoms with Crippen LogP contribution in [0, 0.1) is 0 Å². The molecule has 0 atom stereocenters. The Balaban J connectivity index is 1.78. The van der Waals surface area contributed by atoms with Crippen molar-refractivity contribution in [1.82, 2.24) is 10.2 Å². The summed E-state index contributed by atoms with van der Waals surface area (Å²) in [5.74, 6) is 0.959. The zero-order valence-electron chi connectivity index (χ0n) is 10.8. The molecule has 0 aliphatic rings. The quantitative estimate of drug-likeness (QED) is 0.633. The third-order valence-corrected chi connectivity index (χ3v) is 3.60. The summed E-state index contributed by atoms with van der Waals surface area (Å²) < 4.78 is 6.61. The second-order valence-corrected chi connectivity index (χ2v) is 5.69. The first-order valence-corrected chi connectivity index (χ1v) is 7.41. The molecule has 1 aromatic heterocycles. The molecule has 0 saturated carbocycles. The predicted octanol–water partition coefficient (Wildman–Crippen LogP) is 5.32. The highest BCUT2D eigenvalue weighted by atomic mass is 79.9. The Morgan fingerprint density at radius 2 is 1.62 bits per heavy atom. The highest BCUT2D eigenvalue weighted by Crippen LogP contribution is 2.21. The van der Waals surface area contributed by atoms with Crippen LogP contribution >= 0.6 is 27.5 Å². The number of aromatic nitrogens is 2. The molecule has 0 aliphatic carbocycles. The van der Waals surface area contributed by atoms with Gasteiger partial charge in [-0.1, -0.05) is 39.7 Å². The van der Waals surface area contributed by atoms with E-state index < -0.39 is 0 Å². The van der Waals surface area contributed by atoms with Gasteiger partial charge in [0.05, 0.1) is 0 Å². The lowest BCUT2D eigenvalue weighted by Crippen LogP contribution is -1.76. The maximum absolute atomic E-state index is 5.84. The van der Waals surface area contributed by atoms with E-state index in [0.29, 0.717) is 16.8 Å². The fraction of sp³-hybridized carbons (Fsp3) is 0. The smallest absolute Gasteiger partial charge is 0.248 e. The number of hydrogen-bond donors (Lipinski definition) is 0. The van der Waals surface area contributed by atoms with Crippen molar-refractivity contribution in [3.8, 4) is 11.5 Å². The lowest BCUT2D eigenvalue weighted by Gasteiger charge is -1.94. The summed E-state index contributed by atoms with van der Waals surface area (Å²) in [7, 11) is 0. The van der Waals surface area contributed by atoms with Gasteiger partial charge in [-0.3, -0.25) is 0 Å². The van der Waals surface area contributed by atoms with E-state index in [9.17, 15) is 0 Å². The Labute approximate surface area is 135 Å². The first kappa shape index (κ1) is 14.0. The van der Waals surface area contributed by atoms with Crippen molar-refractivity contribution in [2.24, 2.45) is 0 Å². The summed E-state index contributed by atoms with van der Waals surface area (Å²) in [5.41, 5.74) is 1.90. The average Bonchev–Trinajstić information content (AvgIpc) is 2.96. The summed E-state index contributed by atoms with van der Waals surface area (Å²) in [6.07, 6.45) is 3.67. The molecule has 3 aromatic rings. The van der Waals surface area contributed by atoms with Gasteiger partial charge in [0.15, 0.2) is 0 Å². The van der Waals surface area contributed by atoms with Crippen LogP contribution in [0.2, 0.25) is 5.02 Å². The molecule has 0 unspecified atom stereocenters. The van der Waals surface area contributed by atoms with Crippen molar-refractivity contribution in [3.63, 3.8) is 0 Å². The lowest BCUT2D eigenvalue weighted by atomic mass is 10.2. The van der Waals surface area contributed by atoms with E-state index in [1.54, 1.807) is 6.08 Å². The van der Waals surface area contributed by atoms with Crippen LogP contribution < -0.4 is 0 Å². The first-order chi connectivity index (χ1) is 10.2. The second-order valence-electron chi connectivity index (χ2n) is 4.34. The van der Waals surface area contributed by atoms with Crippen LogP contribution in [0.3, 0.4) is 0 Å². The molecule has 0 spiro atoms. The van der Waals surface area contributed by atoms with Crippen LogP contribution in [-0.2, 0) is 0 Å². The SMILES string of the molecule is Clc1ccc(/C=C/c2nnc(-c3ccc(Br)cc3)o2)cc1. The van der Waals surface area contributed by atoms with Crippen LogP contribution in [0.25, 0.3) is 23.6 Å². The standard InChI is InChI=1S/C16H10BrClN2O/c17-13-6-4-12(5-7-13)16-20-19-15(21-16)10-3-11-1-8-14(18)9-2-11/h1-10H/b10-3+. The van der Waals surface area contributed by atoms with Gasteiger partial charge in [-0.05, 0) is 48.0 Å². The normalized spacial score (nSPS) is 11.1. The second kappa shape index (κ2) is 6.24. The van der Waals surface area contributed by atoms with Crippen molar-refractivity contribution >= 4 is 39.7 Å². The van der Waals surface area contributed by atoms with Crippen LogP contribution in [0.15, 0.2) is 57.4 Å². The molecule has 5 heteroatoms. The molecule has 0 N–H and O–H groups in total. The molecule has 0 bridgehead atoms. The first-order valence-electron chi connectivity index (χ1n) is 6.24. The Morgan fingerprint density at radius 1 is 0.905 bits per heavy atom.